The van der Waals surface area contributed by atoms with E-state index in [4.69, 9.17) is 0 Å². The van der Waals surface area contributed by atoms with E-state index in [0.29, 0.717) is 12.8 Å². The lowest BCUT2D eigenvalue weighted by Gasteiger charge is -2.22. The zero-order chi connectivity index (χ0) is 13.3. The molecule has 0 saturated carbocycles. The summed E-state index contributed by atoms with van der Waals surface area (Å²) in [6, 6.07) is -0.437. The van der Waals surface area contributed by atoms with Gasteiger partial charge in [-0.3, -0.25) is 4.79 Å². The van der Waals surface area contributed by atoms with Gasteiger partial charge in [0.25, 0.3) is 0 Å². The zero-order valence-corrected chi connectivity index (χ0v) is 11.3. The number of ether oxygens (including phenoxy) is 1. The molecule has 1 amide bonds. The number of Topliss-reactive ketones (excluding diaryl/α,β-unsaturated/α-hetero) is 1. The van der Waals surface area contributed by atoms with Gasteiger partial charge in [0.1, 0.15) is 0 Å². The molecule has 0 aliphatic rings. The third-order valence-electron chi connectivity index (χ3n) is 2.84. The van der Waals surface area contributed by atoms with Gasteiger partial charge in [0.2, 0.25) is 0 Å². The lowest BCUT2D eigenvalue weighted by atomic mass is 10.1. The van der Waals surface area contributed by atoms with Crippen molar-refractivity contribution in [1.29, 1.82) is 0 Å². The first-order valence-corrected chi connectivity index (χ1v) is 6.18. The van der Waals surface area contributed by atoms with E-state index < -0.39 is 12.1 Å². The van der Waals surface area contributed by atoms with Gasteiger partial charge in [-0.25, -0.2) is 4.79 Å². The number of ketones is 1. The summed E-state index contributed by atoms with van der Waals surface area (Å²) in [5.41, 5.74) is 0. The van der Waals surface area contributed by atoms with Crippen LogP contribution in [-0.2, 0) is 9.53 Å². The quantitative estimate of drug-likeness (QED) is 0.701. The van der Waals surface area contributed by atoms with Crippen LogP contribution in [0.2, 0.25) is 0 Å². The maximum absolute atomic E-state index is 11.7. The molecule has 17 heavy (non-hydrogen) atoms. The van der Waals surface area contributed by atoms with Crippen LogP contribution in [0.15, 0.2) is 0 Å². The van der Waals surface area contributed by atoms with Gasteiger partial charge in [0.15, 0.2) is 5.78 Å². The molecule has 0 bridgehead atoms. The third-order valence-corrected chi connectivity index (χ3v) is 2.84. The molecule has 0 spiro atoms. The Hall–Kier alpha value is -1.10. The molecule has 0 fully saturated rings. The monoisotopic (exact) mass is 244 g/mol. The third kappa shape index (κ3) is 6.26. The minimum Gasteiger partial charge on any atom is -0.453 e. The minimum absolute atomic E-state index is 0.0440. The van der Waals surface area contributed by atoms with E-state index in [1.165, 1.54) is 7.11 Å². The number of carbonyl (C=O) groups excluding carboxylic acids is 2. The average molecular weight is 244 g/mol. The highest BCUT2D eigenvalue weighted by Gasteiger charge is 2.19. The van der Waals surface area contributed by atoms with Crippen LogP contribution in [0.25, 0.3) is 0 Å². The summed E-state index contributed by atoms with van der Waals surface area (Å²) in [6.07, 6.45) is 0.507. The number of rotatable bonds is 8. The number of methoxy groups -OCH3 is 1. The Kier molecular flexibility index (Phi) is 8.40. The Morgan fingerprint density at radius 3 is 2.24 bits per heavy atom. The minimum atomic E-state index is -0.545. The largest absolute Gasteiger partial charge is 0.453 e. The van der Waals surface area contributed by atoms with Crippen LogP contribution in [0.3, 0.4) is 0 Å². The van der Waals surface area contributed by atoms with Crippen LogP contribution in [-0.4, -0.2) is 49.6 Å². The van der Waals surface area contributed by atoms with Crippen LogP contribution in [0.5, 0.6) is 0 Å². The highest BCUT2D eigenvalue weighted by Crippen LogP contribution is 2.01. The molecule has 100 valence electrons. The fourth-order valence-electron chi connectivity index (χ4n) is 1.61. The first-order chi connectivity index (χ1) is 8.08. The van der Waals surface area contributed by atoms with Crippen molar-refractivity contribution in [3.8, 4) is 0 Å². The van der Waals surface area contributed by atoms with Crippen molar-refractivity contribution in [3.05, 3.63) is 0 Å². The van der Waals surface area contributed by atoms with Gasteiger partial charge in [0.05, 0.1) is 13.2 Å². The van der Waals surface area contributed by atoms with E-state index in [1.54, 1.807) is 6.92 Å². The fourth-order valence-corrected chi connectivity index (χ4v) is 1.61. The molecule has 0 unspecified atom stereocenters. The Balaban J connectivity index is 4.28. The van der Waals surface area contributed by atoms with Crippen molar-refractivity contribution < 1.29 is 14.3 Å². The number of alkyl carbamates (subject to hydrolysis) is 1. The number of hydrogen-bond donors (Lipinski definition) is 1. The van der Waals surface area contributed by atoms with E-state index in [9.17, 15) is 9.59 Å². The zero-order valence-electron chi connectivity index (χ0n) is 11.3. The molecule has 0 rings (SSSR count). The standard InChI is InChI=1S/C12H24N2O3/c1-5-11(15)10(13-12(16)17-4)8-9-14(6-2)7-3/h10H,5-9H2,1-4H3,(H,13,16)/t10-/m1/s1. The molecule has 0 heterocycles. The summed E-state index contributed by atoms with van der Waals surface area (Å²) in [4.78, 5) is 25.0. The second-order valence-electron chi connectivity index (χ2n) is 3.82. The van der Waals surface area contributed by atoms with E-state index in [-0.39, 0.29) is 5.78 Å². The van der Waals surface area contributed by atoms with Crippen molar-refractivity contribution in [2.45, 2.75) is 39.7 Å². The van der Waals surface area contributed by atoms with E-state index >= 15 is 0 Å². The predicted molar refractivity (Wildman–Crippen MR) is 67.0 cm³/mol. The second kappa shape index (κ2) is 8.98. The number of nitrogens with one attached hydrogen (secondary N) is 1. The molecule has 0 aliphatic carbocycles. The van der Waals surface area contributed by atoms with E-state index in [2.05, 4.69) is 28.8 Å². The fraction of sp³-hybridized carbons (Fsp3) is 0.833. The number of nitrogens with zero attached hydrogens (tertiary/aromatic N) is 1. The van der Waals surface area contributed by atoms with Crippen molar-refractivity contribution in [2.75, 3.05) is 26.7 Å². The first-order valence-electron chi connectivity index (χ1n) is 6.18. The molecular weight excluding hydrogens is 220 g/mol. The van der Waals surface area contributed by atoms with E-state index in [0.717, 1.165) is 19.6 Å². The Bertz CT molecular complexity index is 240. The van der Waals surface area contributed by atoms with Gasteiger partial charge < -0.3 is 15.0 Å². The van der Waals surface area contributed by atoms with Crippen molar-refractivity contribution in [3.63, 3.8) is 0 Å². The summed E-state index contributed by atoms with van der Waals surface area (Å²) < 4.78 is 4.52. The van der Waals surface area contributed by atoms with Gasteiger partial charge in [0, 0.05) is 13.0 Å². The van der Waals surface area contributed by atoms with Gasteiger partial charge >= 0.3 is 6.09 Å². The van der Waals surface area contributed by atoms with Gasteiger partial charge in [-0.05, 0) is 19.5 Å². The molecule has 5 nitrogen and oxygen atoms in total. The molecule has 0 aromatic carbocycles. The molecule has 0 saturated heterocycles. The number of carbonyl (C=O) groups is 2. The van der Waals surface area contributed by atoms with Crippen LogP contribution < -0.4 is 5.32 Å². The number of hydrogen-bond acceptors (Lipinski definition) is 4. The summed E-state index contributed by atoms with van der Waals surface area (Å²) in [6.45, 7) is 8.64. The van der Waals surface area contributed by atoms with Crippen molar-refractivity contribution in [2.24, 2.45) is 0 Å². The Labute approximate surface area is 103 Å². The maximum atomic E-state index is 11.7. The van der Waals surface area contributed by atoms with Crippen LogP contribution in [0.1, 0.15) is 33.6 Å². The van der Waals surface area contributed by atoms with Gasteiger partial charge in [-0.1, -0.05) is 20.8 Å². The highest BCUT2D eigenvalue weighted by molar-refractivity contribution is 5.87. The molecule has 1 atom stereocenters. The lowest BCUT2D eigenvalue weighted by molar-refractivity contribution is -0.120. The number of amides is 1. The molecular formula is C12H24N2O3. The lowest BCUT2D eigenvalue weighted by Crippen LogP contribution is -2.42. The summed E-state index contributed by atoms with van der Waals surface area (Å²) in [5, 5.41) is 2.58. The van der Waals surface area contributed by atoms with E-state index in [1.807, 2.05) is 0 Å². The maximum Gasteiger partial charge on any atom is 0.407 e. The SMILES string of the molecule is CCC(=O)[C@@H](CCN(CC)CC)NC(=O)OC. The molecule has 0 aliphatic heterocycles. The molecule has 0 aromatic rings. The van der Waals surface area contributed by atoms with Crippen LogP contribution in [0, 0.1) is 0 Å². The first kappa shape index (κ1) is 15.9. The predicted octanol–water partition coefficient (Wildman–Crippen LogP) is 1.42. The molecule has 1 N–H and O–H groups in total. The topological polar surface area (TPSA) is 58.6 Å². The highest BCUT2D eigenvalue weighted by atomic mass is 16.5. The molecule has 0 radical (unpaired) electrons. The summed E-state index contributed by atoms with van der Waals surface area (Å²) >= 11 is 0. The average Bonchev–Trinajstić information content (AvgIpc) is 2.37. The van der Waals surface area contributed by atoms with Crippen LogP contribution >= 0.6 is 0 Å². The van der Waals surface area contributed by atoms with Gasteiger partial charge in [-0.2, -0.15) is 0 Å². The van der Waals surface area contributed by atoms with Gasteiger partial charge in [-0.15, -0.1) is 0 Å². The molecule has 0 aromatic heterocycles. The van der Waals surface area contributed by atoms with Crippen molar-refractivity contribution in [1.82, 2.24) is 10.2 Å². The summed E-state index contributed by atoms with van der Waals surface area (Å²) in [5.74, 6) is 0.0440. The normalized spacial score (nSPS) is 12.3. The Morgan fingerprint density at radius 1 is 1.24 bits per heavy atom. The Morgan fingerprint density at radius 2 is 1.82 bits per heavy atom. The van der Waals surface area contributed by atoms with Crippen LogP contribution in [0.4, 0.5) is 4.79 Å². The smallest absolute Gasteiger partial charge is 0.407 e. The van der Waals surface area contributed by atoms with Crippen molar-refractivity contribution >= 4 is 11.9 Å². The summed E-state index contributed by atoms with van der Waals surface area (Å²) in [7, 11) is 1.30. The molecule has 5 heteroatoms. The second-order valence-corrected chi connectivity index (χ2v) is 3.82.